The van der Waals surface area contributed by atoms with Gasteiger partial charge >= 0.3 is 0 Å². The SMILES string of the molecule is CCc1sccc1-c1cccc(CCO)c1N. The first-order valence-corrected chi connectivity index (χ1v) is 6.70. The zero-order valence-electron chi connectivity index (χ0n) is 9.94. The molecule has 2 aromatic rings. The normalized spacial score (nSPS) is 10.7. The Labute approximate surface area is 106 Å². The number of rotatable bonds is 4. The van der Waals surface area contributed by atoms with Crippen molar-refractivity contribution < 1.29 is 5.11 Å². The van der Waals surface area contributed by atoms with E-state index in [1.54, 1.807) is 11.3 Å². The maximum atomic E-state index is 9.01. The van der Waals surface area contributed by atoms with Gasteiger partial charge in [0.15, 0.2) is 0 Å². The number of aryl methyl sites for hydroxylation is 1. The number of hydrogen-bond acceptors (Lipinski definition) is 3. The van der Waals surface area contributed by atoms with Gasteiger partial charge in [0.25, 0.3) is 0 Å². The minimum Gasteiger partial charge on any atom is -0.398 e. The number of nitrogens with two attached hydrogens (primary N) is 1. The fourth-order valence-electron chi connectivity index (χ4n) is 2.04. The summed E-state index contributed by atoms with van der Waals surface area (Å²) >= 11 is 1.77. The molecule has 3 N–H and O–H groups in total. The number of hydrogen-bond donors (Lipinski definition) is 2. The molecule has 0 saturated carbocycles. The van der Waals surface area contributed by atoms with Crippen molar-refractivity contribution >= 4 is 17.0 Å². The number of nitrogen functional groups attached to an aromatic ring is 1. The second-order valence-electron chi connectivity index (χ2n) is 3.96. The van der Waals surface area contributed by atoms with E-state index in [2.05, 4.69) is 24.4 Å². The molecule has 0 aliphatic carbocycles. The van der Waals surface area contributed by atoms with Crippen molar-refractivity contribution in [1.82, 2.24) is 0 Å². The van der Waals surface area contributed by atoms with Crippen molar-refractivity contribution in [2.24, 2.45) is 0 Å². The third-order valence-electron chi connectivity index (χ3n) is 2.93. The fourth-order valence-corrected chi connectivity index (χ4v) is 2.88. The monoisotopic (exact) mass is 247 g/mol. The molecule has 3 heteroatoms. The second kappa shape index (κ2) is 5.34. The highest BCUT2D eigenvalue weighted by Gasteiger charge is 2.10. The van der Waals surface area contributed by atoms with Crippen LogP contribution in [0, 0.1) is 0 Å². The van der Waals surface area contributed by atoms with Crippen LogP contribution in [0.3, 0.4) is 0 Å². The van der Waals surface area contributed by atoms with E-state index in [-0.39, 0.29) is 6.61 Å². The van der Waals surface area contributed by atoms with Gasteiger partial charge in [-0.3, -0.25) is 0 Å². The van der Waals surface area contributed by atoms with E-state index in [1.807, 2.05) is 12.1 Å². The van der Waals surface area contributed by atoms with E-state index < -0.39 is 0 Å². The number of para-hydroxylation sites is 1. The van der Waals surface area contributed by atoms with Gasteiger partial charge in [-0.25, -0.2) is 0 Å². The van der Waals surface area contributed by atoms with E-state index in [0.717, 1.165) is 23.2 Å². The van der Waals surface area contributed by atoms with Crippen molar-refractivity contribution in [2.45, 2.75) is 19.8 Å². The predicted molar refractivity (Wildman–Crippen MR) is 74.3 cm³/mol. The first-order valence-electron chi connectivity index (χ1n) is 5.82. The Balaban J connectivity index is 2.49. The first kappa shape index (κ1) is 12.1. The van der Waals surface area contributed by atoms with Crippen LogP contribution in [0.1, 0.15) is 17.4 Å². The maximum absolute atomic E-state index is 9.01. The lowest BCUT2D eigenvalue weighted by Gasteiger charge is -2.10. The highest BCUT2D eigenvalue weighted by molar-refractivity contribution is 7.10. The minimum atomic E-state index is 0.137. The van der Waals surface area contributed by atoms with Gasteiger partial charge in [0.1, 0.15) is 0 Å². The van der Waals surface area contributed by atoms with Gasteiger partial charge < -0.3 is 10.8 Å². The van der Waals surface area contributed by atoms with Crippen molar-refractivity contribution in [3.05, 3.63) is 40.1 Å². The highest BCUT2D eigenvalue weighted by atomic mass is 32.1. The third kappa shape index (κ3) is 2.35. The summed E-state index contributed by atoms with van der Waals surface area (Å²) in [6, 6.07) is 8.16. The molecule has 2 rings (SSSR count). The van der Waals surface area contributed by atoms with Crippen LogP contribution in [0.25, 0.3) is 11.1 Å². The van der Waals surface area contributed by atoms with Crippen LogP contribution in [-0.2, 0) is 12.8 Å². The number of thiophene rings is 1. The van der Waals surface area contributed by atoms with Crippen LogP contribution in [0.2, 0.25) is 0 Å². The van der Waals surface area contributed by atoms with Gasteiger partial charge in [-0.1, -0.05) is 25.1 Å². The zero-order chi connectivity index (χ0) is 12.3. The lowest BCUT2D eigenvalue weighted by molar-refractivity contribution is 0.300. The van der Waals surface area contributed by atoms with E-state index >= 15 is 0 Å². The number of aliphatic hydroxyl groups is 1. The Kier molecular flexibility index (Phi) is 3.82. The molecule has 0 bridgehead atoms. The van der Waals surface area contributed by atoms with E-state index in [1.165, 1.54) is 10.4 Å². The van der Waals surface area contributed by atoms with Crippen molar-refractivity contribution in [2.75, 3.05) is 12.3 Å². The van der Waals surface area contributed by atoms with E-state index in [4.69, 9.17) is 10.8 Å². The molecule has 0 fully saturated rings. The smallest absolute Gasteiger partial charge is 0.0472 e. The molecule has 17 heavy (non-hydrogen) atoms. The van der Waals surface area contributed by atoms with Crippen LogP contribution in [0.15, 0.2) is 29.6 Å². The Morgan fingerprint density at radius 2 is 2.06 bits per heavy atom. The summed E-state index contributed by atoms with van der Waals surface area (Å²) in [7, 11) is 0. The molecular formula is C14H17NOS. The molecule has 0 saturated heterocycles. The predicted octanol–water partition coefficient (Wildman–Crippen LogP) is 3.09. The Morgan fingerprint density at radius 3 is 2.76 bits per heavy atom. The van der Waals surface area contributed by atoms with Crippen LogP contribution >= 0.6 is 11.3 Å². The second-order valence-corrected chi connectivity index (χ2v) is 4.96. The van der Waals surface area contributed by atoms with E-state index in [9.17, 15) is 0 Å². The highest BCUT2D eigenvalue weighted by Crippen LogP contribution is 2.34. The summed E-state index contributed by atoms with van der Waals surface area (Å²) < 4.78 is 0. The lowest BCUT2D eigenvalue weighted by Crippen LogP contribution is -1.99. The molecule has 0 unspecified atom stereocenters. The maximum Gasteiger partial charge on any atom is 0.0472 e. The first-order chi connectivity index (χ1) is 8.27. The number of aliphatic hydroxyl groups excluding tert-OH is 1. The summed E-state index contributed by atoms with van der Waals surface area (Å²) in [5.41, 5.74) is 10.3. The quantitative estimate of drug-likeness (QED) is 0.816. The molecular weight excluding hydrogens is 230 g/mol. The lowest BCUT2D eigenvalue weighted by atomic mass is 9.99. The van der Waals surface area contributed by atoms with Crippen LogP contribution in [0.5, 0.6) is 0 Å². The molecule has 90 valence electrons. The Bertz CT molecular complexity index is 505. The molecule has 0 amide bonds. The standard InChI is InChI=1S/C14H17NOS/c1-2-13-11(7-9-17-13)12-5-3-4-10(6-8-16)14(12)15/h3-5,7,9,16H,2,6,8,15H2,1H3. The van der Waals surface area contributed by atoms with Gasteiger partial charge in [-0.05, 0) is 35.4 Å². The van der Waals surface area contributed by atoms with Gasteiger partial charge in [-0.15, -0.1) is 11.3 Å². The van der Waals surface area contributed by atoms with Gasteiger partial charge in [0.2, 0.25) is 0 Å². The van der Waals surface area contributed by atoms with Gasteiger partial charge in [0, 0.05) is 22.7 Å². The van der Waals surface area contributed by atoms with Gasteiger partial charge in [-0.2, -0.15) is 0 Å². The molecule has 1 aromatic heterocycles. The summed E-state index contributed by atoms with van der Waals surface area (Å²) in [6.45, 7) is 2.29. The third-order valence-corrected chi connectivity index (χ3v) is 4.00. The molecule has 0 spiro atoms. The molecule has 1 aromatic carbocycles. The Hall–Kier alpha value is -1.32. The molecule has 1 heterocycles. The summed E-state index contributed by atoms with van der Waals surface area (Å²) in [5.74, 6) is 0. The topological polar surface area (TPSA) is 46.2 Å². The zero-order valence-corrected chi connectivity index (χ0v) is 10.8. The summed E-state index contributed by atoms with van der Waals surface area (Å²) in [4.78, 5) is 1.36. The molecule has 2 nitrogen and oxygen atoms in total. The summed E-state index contributed by atoms with van der Waals surface area (Å²) in [6.07, 6.45) is 1.64. The van der Waals surface area contributed by atoms with E-state index in [0.29, 0.717) is 6.42 Å². The van der Waals surface area contributed by atoms with Crippen molar-refractivity contribution in [3.63, 3.8) is 0 Å². The van der Waals surface area contributed by atoms with Crippen LogP contribution in [0.4, 0.5) is 5.69 Å². The summed E-state index contributed by atoms with van der Waals surface area (Å²) in [5, 5.41) is 11.1. The van der Waals surface area contributed by atoms with Crippen molar-refractivity contribution in [3.8, 4) is 11.1 Å². The van der Waals surface area contributed by atoms with Crippen LogP contribution < -0.4 is 5.73 Å². The van der Waals surface area contributed by atoms with Gasteiger partial charge in [0.05, 0.1) is 0 Å². The average molecular weight is 247 g/mol. The van der Waals surface area contributed by atoms with Crippen LogP contribution in [-0.4, -0.2) is 11.7 Å². The molecule has 0 atom stereocenters. The minimum absolute atomic E-state index is 0.137. The Morgan fingerprint density at radius 1 is 1.24 bits per heavy atom. The molecule has 0 radical (unpaired) electrons. The fraction of sp³-hybridized carbons (Fsp3) is 0.286. The van der Waals surface area contributed by atoms with Crippen molar-refractivity contribution in [1.29, 1.82) is 0 Å². The number of anilines is 1. The largest absolute Gasteiger partial charge is 0.398 e. The molecule has 0 aliphatic rings. The number of benzene rings is 1. The average Bonchev–Trinajstić information content (AvgIpc) is 2.80. The molecule has 0 aliphatic heterocycles.